The number of ether oxygens (including phenoxy) is 3. The molecule has 0 aliphatic rings. The summed E-state index contributed by atoms with van der Waals surface area (Å²) in [5.41, 5.74) is 11.2. The molecule has 0 radical (unpaired) electrons. The molecule has 0 aliphatic heterocycles. The van der Waals surface area contributed by atoms with Gasteiger partial charge in [-0.25, -0.2) is 4.79 Å². The van der Waals surface area contributed by atoms with Gasteiger partial charge in [-0.1, -0.05) is 117 Å². The number of rotatable bonds is 38. The van der Waals surface area contributed by atoms with Gasteiger partial charge >= 0.3 is 11.9 Å². The summed E-state index contributed by atoms with van der Waals surface area (Å²) < 4.78 is 17.3. The summed E-state index contributed by atoms with van der Waals surface area (Å²) in [7, 11) is 0. The number of benzene rings is 4. The maximum absolute atomic E-state index is 14.6. The van der Waals surface area contributed by atoms with Crippen LogP contribution >= 0.6 is 0 Å². The first-order chi connectivity index (χ1) is 46.4. The lowest BCUT2D eigenvalue weighted by molar-refractivity contribution is -0.155. The Morgan fingerprint density at radius 2 is 0.939 bits per heavy atom. The molecule has 4 rings (SSSR count). The Morgan fingerprint density at radius 1 is 0.475 bits per heavy atom. The van der Waals surface area contributed by atoms with Crippen molar-refractivity contribution in [3.05, 3.63) is 138 Å². The average molecular weight is 1380 g/mol. The van der Waals surface area contributed by atoms with Crippen molar-refractivity contribution in [3.8, 4) is 5.75 Å². The summed E-state index contributed by atoms with van der Waals surface area (Å²) in [5.74, 6) is -9.21. The zero-order valence-electron chi connectivity index (χ0n) is 59.5. The molecule has 542 valence electrons. The topological polar surface area (TPSA) is 396 Å². The maximum Gasteiger partial charge on any atom is 0.326 e. The van der Waals surface area contributed by atoms with Crippen LogP contribution in [0.25, 0.3) is 0 Å². The zero-order chi connectivity index (χ0) is 73.8. The molecule has 9 amide bonds. The predicted molar refractivity (Wildman–Crippen MR) is 374 cm³/mol. The molecule has 0 bridgehead atoms. The molecule has 0 saturated carbocycles. The molecule has 0 saturated heterocycles. The summed E-state index contributed by atoms with van der Waals surface area (Å²) >= 11 is 0. The second kappa shape index (κ2) is 38.8. The van der Waals surface area contributed by atoms with E-state index in [-0.39, 0.29) is 38.2 Å². The first-order valence-corrected chi connectivity index (χ1v) is 33.6. The Kier molecular flexibility index (Phi) is 32.2. The Hall–Kier alpha value is -9.27. The van der Waals surface area contributed by atoms with Gasteiger partial charge in [-0.3, -0.25) is 47.9 Å². The highest BCUT2D eigenvalue weighted by Crippen LogP contribution is 2.37. The lowest BCUT2D eigenvalue weighted by atomic mass is 9.77. The molecule has 8 atom stereocenters. The van der Waals surface area contributed by atoms with E-state index in [0.717, 1.165) is 0 Å². The van der Waals surface area contributed by atoms with Crippen molar-refractivity contribution >= 4 is 65.1 Å². The fourth-order valence-corrected chi connectivity index (χ4v) is 10.3. The molecule has 0 heterocycles. The van der Waals surface area contributed by atoms with Crippen molar-refractivity contribution in [1.29, 1.82) is 0 Å². The first-order valence-electron chi connectivity index (χ1n) is 33.6. The molecule has 0 unspecified atom stereocenters. The highest BCUT2D eigenvalue weighted by Gasteiger charge is 2.39. The van der Waals surface area contributed by atoms with Gasteiger partial charge in [0.25, 0.3) is 0 Å². The molecule has 14 N–H and O–H groups in total. The van der Waals surface area contributed by atoms with Crippen LogP contribution in [-0.4, -0.2) is 155 Å². The summed E-state index contributed by atoms with van der Waals surface area (Å²) in [5, 5.41) is 33.5. The van der Waals surface area contributed by atoms with E-state index in [2.05, 4.69) is 47.9 Å². The van der Waals surface area contributed by atoms with Crippen molar-refractivity contribution in [2.24, 2.45) is 17.4 Å². The Bertz CT molecular complexity index is 3220. The third kappa shape index (κ3) is 29.0. The number of hydrogen-bond donors (Lipinski definition) is 12. The van der Waals surface area contributed by atoms with Crippen LogP contribution in [0.1, 0.15) is 164 Å². The molecule has 26 heteroatoms. The lowest BCUT2D eigenvalue weighted by Crippen LogP contribution is -2.59. The van der Waals surface area contributed by atoms with Gasteiger partial charge in [-0.05, 0) is 162 Å². The number of unbranched alkanes of at least 4 members (excludes halogenated alkanes) is 1. The van der Waals surface area contributed by atoms with Gasteiger partial charge in [0.15, 0.2) is 0 Å². The standard InChI is InChI=1S/C73H105N11O15/c1-45(2)41-57(83-68(94)58(82-64(90)53(75)44-97-70(5,6)7)42-48-32-34-52(35-33-48)98-71(8,9)10)67(93)80-54(37-39-61(87)99-72(11,12)13)65(91)76-43-60(86)79-55(66(92)78-46(3)62(88)77-47(4)63(89)81-56(69(95)96)31-23-24-40-74)36-38-59(85)84-73(49-25-17-14-18-26-49,50-27-19-15-20-28-50)51-29-21-16-22-30-51/h14-22,25-30,32-35,45-47,53-58H,23-24,31,36-44,74-75H2,1-13H3,(H,76,91)(H,77,88)(H,78,92)(H,79,86)(H,80,93)(H,81,89)(H,82,90)(H,83,94)(H,84,85)(H,95,96)/t46-,47-,53-,54-,55-,56-,57-,58-/m0/s1. The minimum Gasteiger partial charge on any atom is -0.488 e. The number of aliphatic carboxylic acids is 1. The monoisotopic (exact) mass is 1380 g/mol. The van der Waals surface area contributed by atoms with Gasteiger partial charge in [0.1, 0.15) is 70.8 Å². The van der Waals surface area contributed by atoms with Crippen LogP contribution in [0.4, 0.5) is 0 Å². The van der Waals surface area contributed by atoms with Crippen LogP contribution in [0.15, 0.2) is 115 Å². The van der Waals surface area contributed by atoms with E-state index < -0.39 is 162 Å². The van der Waals surface area contributed by atoms with E-state index in [4.69, 9.17) is 25.7 Å². The molecule has 0 fully saturated rings. The fraction of sp³-hybridized carbons (Fsp3) is 0.521. The molecule has 0 aliphatic carbocycles. The van der Waals surface area contributed by atoms with Crippen molar-refractivity contribution in [3.63, 3.8) is 0 Å². The largest absolute Gasteiger partial charge is 0.488 e. The van der Waals surface area contributed by atoms with Gasteiger partial charge in [-0.15, -0.1) is 0 Å². The van der Waals surface area contributed by atoms with Crippen LogP contribution in [0.5, 0.6) is 5.75 Å². The normalized spacial score (nSPS) is 14.2. The van der Waals surface area contributed by atoms with Crippen LogP contribution in [0.3, 0.4) is 0 Å². The van der Waals surface area contributed by atoms with Crippen molar-refractivity contribution < 1.29 is 72.1 Å². The van der Waals surface area contributed by atoms with E-state index in [0.29, 0.717) is 47.4 Å². The van der Waals surface area contributed by atoms with E-state index in [1.54, 1.807) is 79.7 Å². The van der Waals surface area contributed by atoms with Gasteiger partial charge in [0.2, 0.25) is 53.2 Å². The van der Waals surface area contributed by atoms with Gasteiger partial charge in [-0.2, -0.15) is 0 Å². The predicted octanol–water partition coefficient (Wildman–Crippen LogP) is 4.37. The summed E-state index contributed by atoms with van der Waals surface area (Å²) in [6.07, 6.45) is -0.603. The molecule has 4 aromatic rings. The number of carbonyl (C=O) groups is 11. The van der Waals surface area contributed by atoms with Crippen LogP contribution in [0.2, 0.25) is 0 Å². The van der Waals surface area contributed by atoms with E-state index >= 15 is 0 Å². The molecule has 0 spiro atoms. The van der Waals surface area contributed by atoms with Crippen LogP contribution in [0, 0.1) is 5.92 Å². The van der Waals surface area contributed by atoms with Gasteiger partial charge in [0.05, 0.1) is 18.8 Å². The number of carbonyl (C=O) groups excluding carboxylic acids is 10. The summed E-state index contributed by atoms with van der Waals surface area (Å²) in [4.78, 5) is 152. The number of carboxylic acids is 1. The first kappa shape index (κ1) is 82.2. The van der Waals surface area contributed by atoms with Crippen LogP contribution in [-0.2, 0) is 74.2 Å². The molecule has 4 aromatic carbocycles. The second-order valence-corrected chi connectivity index (χ2v) is 27.9. The molecule has 26 nitrogen and oxygen atoms in total. The van der Waals surface area contributed by atoms with Gasteiger partial charge < -0.3 is 78.6 Å². The van der Waals surface area contributed by atoms with E-state index in [1.807, 2.05) is 112 Å². The highest BCUT2D eigenvalue weighted by atomic mass is 16.6. The molecule has 99 heavy (non-hydrogen) atoms. The highest BCUT2D eigenvalue weighted by molar-refractivity contribution is 5.98. The second-order valence-electron chi connectivity index (χ2n) is 27.9. The maximum atomic E-state index is 14.6. The smallest absolute Gasteiger partial charge is 0.326 e. The van der Waals surface area contributed by atoms with Crippen molar-refractivity contribution in [1.82, 2.24) is 47.9 Å². The number of nitrogens with two attached hydrogens (primary N) is 2. The lowest BCUT2D eigenvalue weighted by Gasteiger charge is -2.37. The quantitative estimate of drug-likeness (QED) is 0.0168. The van der Waals surface area contributed by atoms with Crippen molar-refractivity contribution in [2.75, 3.05) is 19.7 Å². The minimum absolute atomic E-state index is 0.0177. The third-order valence-corrected chi connectivity index (χ3v) is 15.2. The van der Waals surface area contributed by atoms with Crippen molar-refractivity contribution in [2.45, 2.75) is 218 Å². The zero-order valence-corrected chi connectivity index (χ0v) is 59.5. The Morgan fingerprint density at radius 3 is 1.43 bits per heavy atom. The number of esters is 1. The van der Waals surface area contributed by atoms with Gasteiger partial charge in [0, 0.05) is 19.3 Å². The van der Waals surface area contributed by atoms with Crippen LogP contribution < -0.4 is 64.1 Å². The summed E-state index contributed by atoms with van der Waals surface area (Å²) in [6, 6.07) is 23.6. The minimum atomic E-state index is -1.59. The van der Waals surface area contributed by atoms with E-state index in [9.17, 15) is 57.8 Å². The average Bonchev–Trinajstić information content (AvgIpc) is 0.755. The molecular weight excluding hydrogens is 1270 g/mol. The number of carboxylic acid groups (broad SMARTS) is 1. The number of amides is 9. The number of nitrogens with one attached hydrogen (secondary N) is 9. The molecular formula is C73H105N11O15. The Balaban J connectivity index is 1.65. The fourth-order valence-electron chi connectivity index (χ4n) is 10.3. The number of hydrogen-bond acceptors (Lipinski definition) is 16. The van der Waals surface area contributed by atoms with E-state index in [1.165, 1.54) is 13.8 Å². The molecule has 0 aromatic heterocycles. The Labute approximate surface area is 581 Å². The third-order valence-electron chi connectivity index (χ3n) is 15.2. The summed E-state index contributed by atoms with van der Waals surface area (Å²) in [6.45, 7) is 21.5. The SMILES string of the molecule is CC(C)C[C@H](NC(=O)[C@H](Cc1ccc(OC(C)(C)C)cc1)NC(=O)[C@@H](N)COC(C)(C)C)C(=O)N[C@@H](CCC(=O)OC(C)(C)C)C(=O)NCC(=O)N[C@@H](CCC(=O)NC(c1ccccc1)(c1ccccc1)c1ccccc1)C(=O)N[C@@H](C)C(=O)N[C@@H](C)C(=O)N[C@@H](CCCCN)C(=O)O.